The summed E-state index contributed by atoms with van der Waals surface area (Å²) in [6, 6.07) is 8.00. The molecular formula is C23H31N3O3S. The van der Waals surface area contributed by atoms with Gasteiger partial charge >= 0.3 is 0 Å². The molecule has 0 N–H and O–H groups in total. The summed E-state index contributed by atoms with van der Waals surface area (Å²) in [6.07, 6.45) is 5.04. The molecule has 0 saturated carbocycles. The molecule has 1 aromatic carbocycles. The Kier molecular flexibility index (Phi) is 6.60. The quantitative estimate of drug-likeness (QED) is 0.727. The first-order valence-corrected chi connectivity index (χ1v) is 12.1. The lowest BCUT2D eigenvalue weighted by Crippen LogP contribution is -2.42. The zero-order valence-corrected chi connectivity index (χ0v) is 19.1. The summed E-state index contributed by atoms with van der Waals surface area (Å²) in [5.74, 6) is 0.334. The Labute approximate surface area is 179 Å². The molecule has 1 saturated heterocycles. The average molecular weight is 430 g/mol. The fourth-order valence-electron chi connectivity index (χ4n) is 3.62. The Balaban J connectivity index is 1.54. The molecule has 1 fully saturated rings. The number of benzene rings is 1. The highest BCUT2D eigenvalue weighted by atomic mass is 32.2. The van der Waals surface area contributed by atoms with Crippen molar-refractivity contribution in [1.29, 1.82) is 0 Å². The van der Waals surface area contributed by atoms with Crippen molar-refractivity contribution < 1.29 is 13.2 Å². The van der Waals surface area contributed by atoms with E-state index < -0.39 is 14.6 Å². The van der Waals surface area contributed by atoms with Crippen molar-refractivity contribution in [3.63, 3.8) is 0 Å². The Morgan fingerprint density at radius 2 is 1.77 bits per heavy atom. The summed E-state index contributed by atoms with van der Waals surface area (Å²) in [6.45, 7) is 8.45. The molecule has 0 spiro atoms. The van der Waals surface area contributed by atoms with Crippen LogP contribution in [0.1, 0.15) is 44.9 Å². The van der Waals surface area contributed by atoms with Crippen molar-refractivity contribution in [3.05, 3.63) is 47.9 Å². The second kappa shape index (κ2) is 8.84. The third-order valence-electron chi connectivity index (χ3n) is 5.81. The van der Waals surface area contributed by atoms with Crippen molar-refractivity contribution in [1.82, 2.24) is 14.9 Å². The van der Waals surface area contributed by atoms with Gasteiger partial charge in [-0.1, -0.05) is 24.3 Å². The number of rotatable bonds is 5. The molecule has 0 radical (unpaired) electrons. The van der Waals surface area contributed by atoms with Gasteiger partial charge in [0.2, 0.25) is 5.91 Å². The molecule has 7 heteroatoms. The lowest BCUT2D eigenvalue weighted by Gasteiger charge is -2.33. The predicted octanol–water partition coefficient (Wildman–Crippen LogP) is 3.45. The highest BCUT2D eigenvalue weighted by molar-refractivity contribution is 7.92. The minimum atomic E-state index is -3.14. The molecule has 30 heavy (non-hydrogen) atoms. The van der Waals surface area contributed by atoms with E-state index in [4.69, 9.17) is 0 Å². The van der Waals surface area contributed by atoms with E-state index in [2.05, 4.69) is 9.97 Å². The number of sulfone groups is 1. The molecule has 0 aliphatic carbocycles. The molecular weight excluding hydrogens is 398 g/mol. The lowest BCUT2D eigenvalue weighted by atomic mass is 9.98. The smallest absolute Gasteiger partial charge is 0.228 e. The minimum absolute atomic E-state index is 0.0186. The van der Waals surface area contributed by atoms with Crippen molar-refractivity contribution >= 4 is 15.7 Å². The SMILES string of the molecule is Cc1ccccc1-c1cnc(CC(=O)N2CCC(CS(=O)(=O)C(C)(C)C)CC2)cn1. The maximum absolute atomic E-state index is 12.7. The molecule has 3 rings (SSSR count). The summed E-state index contributed by atoms with van der Waals surface area (Å²) >= 11 is 0. The monoisotopic (exact) mass is 429 g/mol. The molecule has 1 aliphatic heterocycles. The Hall–Kier alpha value is -2.28. The van der Waals surface area contributed by atoms with Gasteiger partial charge in [-0.2, -0.15) is 0 Å². The molecule has 0 bridgehead atoms. The summed E-state index contributed by atoms with van der Waals surface area (Å²) in [4.78, 5) is 23.4. The topological polar surface area (TPSA) is 80.2 Å². The van der Waals surface area contributed by atoms with Crippen molar-refractivity contribution in [2.45, 2.75) is 51.7 Å². The zero-order chi connectivity index (χ0) is 21.9. The van der Waals surface area contributed by atoms with E-state index >= 15 is 0 Å². The first kappa shape index (κ1) is 22.4. The number of amides is 1. The maximum atomic E-state index is 12.7. The fraction of sp³-hybridized carbons (Fsp3) is 0.522. The number of aromatic nitrogens is 2. The number of carbonyl (C=O) groups is 1. The molecule has 1 amide bonds. The maximum Gasteiger partial charge on any atom is 0.228 e. The highest BCUT2D eigenvalue weighted by Gasteiger charge is 2.33. The van der Waals surface area contributed by atoms with Gasteiger partial charge in [0.05, 0.1) is 34.5 Å². The summed E-state index contributed by atoms with van der Waals surface area (Å²) in [5, 5.41) is 0. The van der Waals surface area contributed by atoms with Gasteiger partial charge < -0.3 is 4.90 Å². The molecule has 2 heterocycles. The van der Waals surface area contributed by atoms with Gasteiger partial charge in [-0.15, -0.1) is 0 Å². The van der Waals surface area contributed by atoms with Crippen molar-refractivity contribution in [2.75, 3.05) is 18.8 Å². The van der Waals surface area contributed by atoms with E-state index in [1.165, 1.54) is 0 Å². The standard InChI is InChI=1S/C23H31N3O3S/c1-17-7-5-6-8-20(17)21-15-24-19(14-25-21)13-22(27)26-11-9-18(10-12-26)16-30(28,29)23(2,3)4/h5-8,14-15,18H,9-13,16H2,1-4H3. The van der Waals surface area contributed by atoms with Crippen LogP contribution in [0, 0.1) is 12.8 Å². The number of nitrogens with zero attached hydrogens (tertiary/aromatic N) is 3. The number of likely N-dealkylation sites (tertiary alicyclic amines) is 1. The molecule has 1 aliphatic rings. The first-order chi connectivity index (χ1) is 14.1. The first-order valence-electron chi connectivity index (χ1n) is 10.4. The van der Waals surface area contributed by atoms with Crippen molar-refractivity contribution in [2.24, 2.45) is 5.92 Å². The van der Waals surface area contributed by atoms with Gasteiger partial charge in [0, 0.05) is 24.8 Å². The number of carbonyl (C=O) groups excluding carboxylic acids is 1. The van der Waals surface area contributed by atoms with Crippen LogP contribution in [0.3, 0.4) is 0 Å². The van der Waals surface area contributed by atoms with Crippen LogP contribution in [-0.2, 0) is 21.1 Å². The van der Waals surface area contributed by atoms with E-state index in [1.54, 1.807) is 33.2 Å². The van der Waals surface area contributed by atoms with Crippen LogP contribution in [0.2, 0.25) is 0 Å². The molecule has 162 valence electrons. The molecule has 2 aromatic rings. The third kappa shape index (κ3) is 5.25. The van der Waals surface area contributed by atoms with Crippen LogP contribution in [-0.4, -0.2) is 52.8 Å². The number of hydrogen-bond acceptors (Lipinski definition) is 5. The van der Waals surface area contributed by atoms with Crippen LogP contribution in [0.5, 0.6) is 0 Å². The van der Waals surface area contributed by atoms with Crippen LogP contribution < -0.4 is 0 Å². The molecule has 0 atom stereocenters. The van der Waals surface area contributed by atoms with Gasteiger partial charge in [-0.25, -0.2) is 8.42 Å². The Bertz CT molecular complexity index is 987. The van der Waals surface area contributed by atoms with E-state index in [1.807, 2.05) is 36.1 Å². The average Bonchev–Trinajstić information content (AvgIpc) is 2.68. The van der Waals surface area contributed by atoms with Gasteiger partial charge in [0.15, 0.2) is 9.84 Å². The molecule has 0 unspecified atom stereocenters. The second-order valence-electron chi connectivity index (χ2n) is 9.10. The highest BCUT2D eigenvalue weighted by Crippen LogP contribution is 2.25. The zero-order valence-electron chi connectivity index (χ0n) is 18.3. The van der Waals surface area contributed by atoms with Gasteiger partial charge in [0.25, 0.3) is 0 Å². The summed E-state index contributed by atoms with van der Waals surface area (Å²) in [7, 11) is -3.14. The summed E-state index contributed by atoms with van der Waals surface area (Å²) < 4.78 is 24.1. The number of hydrogen-bond donors (Lipinski definition) is 0. The van der Waals surface area contributed by atoms with E-state index in [9.17, 15) is 13.2 Å². The van der Waals surface area contributed by atoms with Gasteiger partial charge in [-0.3, -0.25) is 14.8 Å². The lowest BCUT2D eigenvalue weighted by molar-refractivity contribution is -0.131. The number of aryl methyl sites for hydroxylation is 1. The molecule has 1 aromatic heterocycles. The minimum Gasteiger partial charge on any atom is -0.342 e. The fourth-order valence-corrected chi connectivity index (χ4v) is 5.08. The van der Waals surface area contributed by atoms with E-state index in [0.717, 1.165) is 29.7 Å². The van der Waals surface area contributed by atoms with Crippen LogP contribution >= 0.6 is 0 Å². The Morgan fingerprint density at radius 1 is 1.10 bits per heavy atom. The largest absolute Gasteiger partial charge is 0.342 e. The van der Waals surface area contributed by atoms with Crippen LogP contribution in [0.15, 0.2) is 36.7 Å². The van der Waals surface area contributed by atoms with Gasteiger partial charge in [0.1, 0.15) is 0 Å². The predicted molar refractivity (Wildman–Crippen MR) is 119 cm³/mol. The Morgan fingerprint density at radius 3 is 2.33 bits per heavy atom. The van der Waals surface area contributed by atoms with Crippen molar-refractivity contribution in [3.8, 4) is 11.3 Å². The van der Waals surface area contributed by atoms with Gasteiger partial charge in [-0.05, 0) is 52.0 Å². The second-order valence-corrected chi connectivity index (χ2v) is 11.9. The third-order valence-corrected chi connectivity index (χ3v) is 8.59. The van der Waals surface area contributed by atoms with Crippen LogP contribution in [0.4, 0.5) is 0 Å². The normalized spacial score (nSPS) is 15.9. The van der Waals surface area contributed by atoms with Crippen LogP contribution in [0.25, 0.3) is 11.3 Å². The number of piperidine rings is 1. The molecule has 6 nitrogen and oxygen atoms in total. The summed E-state index contributed by atoms with van der Waals surface area (Å²) in [5.41, 5.74) is 3.61. The van der Waals surface area contributed by atoms with E-state index in [0.29, 0.717) is 18.8 Å². The van der Waals surface area contributed by atoms with E-state index in [-0.39, 0.29) is 24.0 Å².